The third kappa shape index (κ3) is 2.73. The van der Waals surface area contributed by atoms with Gasteiger partial charge in [0, 0.05) is 36.1 Å². The molecule has 2 unspecified atom stereocenters. The Hall–Kier alpha value is -0.130. The molecule has 1 aromatic rings. The predicted octanol–water partition coefficient (Wildman–Crippen LogP) is 2.25. The highest BCUT2D eigenvalue weighted by molar-refractivity contribution is 7.16. The Morgan fingerprint density at radius 3 is 2.78 bits per heavy atom. The lowest BCUT2D eigenvalue weighted by Gasteiger charge is -2.37. The quantitative estimate of drug-likeness (QED) is 0.922. The number of likely N-dealkylation sites (N-methyl/N-ethyl adjacent to an activating group) is 2. The summed E-state index contributed by atoms with van der Waals surface area (Å²) in [6.45, 7) is 4.94. The van der Waals surface area contributed by atoms with Gasteiger partial charge >= 0.3 is 0 Å². The maximum absolute atomic E-state index is 6.06. The molecular weight excluding hydrogens is 266 g/mol. The van der Waals surface area contributed by atoms with Gasteiger partial charge in [-0.2, -0.15) is 0 Å². The molecule has 18 heavy (non-hydrogen) atoms. The average Bonchev–Trinajstić information content (AvgIpc) is 2.85. The molecule has 0 amide bonds. The second kappa shape index (κ2) is 5.47. The van der Waals surface area contributed by atoms with Gasteiger partial charge in [0.2, 0.25) is 0 Å². The molecular formula is C13H22ClN3S. The van der Waals surface area contributed by atoms with E-state index in [-0.39, 0.29) is 5.54 Å². The lowest BCUT2D eigenvalue weighted by molar-refractivity contribution is 0.127. The summed E-state index contributed by atoms with van der Waals surface area (Å²) in [4.78, 5) is 6.09. The molecule has 2 N–H and O–H groups in total. The van der Waals surface area contributed by atoms with Gasteiger partial charge < -0.3 is 10.6 Å². The van der Waals surface area contributed by atoms with Crippen molar-refractivity contribution in [3.63, 3.8) is 0 Å². The largest absolute Gasteiger partial charge is 0.329 e. The van der Waals surface area contributed by atoms with Crippen LogP contribution in [0.4, 0.5) is 0 Å². The fraction of sp³-hybridized carbons (Fsp3) is 0.692. The summed E-state index contributed by atoms with van der Waals surface area (Å²) in [7, 11) is 4.35. The molecule has 0 saturated carbocycles. The zero-order chi connectivity index (χ0) is 13.3. The van der Waals surface area contributed by atoms with Crippen LogP contribution in [0.5, 0.6) is 0 Å². The minimum absolute atomic E-state index is 0.102. The van der Waals surface area contributed by atoms with E-state index in [0.29, 0.717) is 12.6 Å². The molecule has 0 aliphatic carbocycles. The molecule has 1 fully saturated rings. The molecule has 1 aromatic heterocycles. The SMILES string of the molecule is CC1CC(CN)(N(C)Cc2ccc(Cl)s2)CN1C. The number of thiophene rings is 1. The van der Waals surface area contributed by atoms with Crippen molar-refractivity contribution in [1.29, 1.82) is 0 Å². The Bertz CT molecular complexity index is 397. The number of rotatable bonds is 4. The number of nitrogens with zero attached hydrogens (tertiary/aromatic N) is 2. The molecule has 2 rings (SSSR count). The van der Waals surface area contributed by atoms with Crippen LogP contribution in [0.2, 0.25) is 4.34 Å². The lowest BCUT2D eigenvalue weighted by Crippen LogP contribution is -2.53. The monoisotopic (exact) mass is 287 g/mol. The van der Waals surface area contributed by atoms with Crippen LogP contribution in [-0.4, -0.2) is 48.6 Å². The maximum atomic E-state index is 6.06. The van der Waals surface area contributed by atoms with E-state index in [1.165, 1.54) is 4.88 Å². The van der Waals surface area contributed by atoms with E-state index < -0.39 is 0 Å². The van der Waals surface area contributed by atoms with Crippen molar-refractivity contribution in [2.45, 2.75) is 31.5 Å². The van der Waals surface area contributed by atoms with Crippen LogP contribution < -0.4 is 5.73 Å². The summed E-state index contributed by atoms with van der Waals surface area (Å²) in [5.41, 5.74) is 6.16. The number of nitrogens with two attached hydrogens (primary N) is 1. The van der Waals surface area contributed by atoms with Crippen molar-refractivity contribution >= 4 is 22.9 Å². The van der Waals surface area contributed by atoms with E-state index in [2.05, 4.69) is 36.9 Å². The molecule has 1 aliphatic rings. The number of halogens is 1. The van der Waals surface area contributed by atoms with Gasteiger partial charge in [-0.05, 0) is 39.6 Å². The van der Waals surface area contributed by atoms with Crippen molar-refractivity contribution in [1.82, 2.24) is 9.80 Å². The van der Waals surface area contributed by atoms with Crippen LogP contribution in [0.25, 0.3) is 0 Å². The predicted molar refractivity (Wildman–Crippen MR) is 79.3 cm³/mol. The fourth-order valence-electron chi connectivity index (χ4n) is 2.81. The van der Waals surface area contributed by atoms with Crippen LogP contribution in [0, 0.1) is 0 Å². The molecule has 0 radical (unpaired) electrons. The first kappa shape index (κ1) is 14.3. The van der Waals surface area contributed by atoms with E-state index in [0.717, 1.165) is 23.8 Å². The van der Waals surface area contributed by atoms with Crippen LogP contribution in [0.1, 0.15) is 18.2 Å². The van der Waals surface area contributed by atoms with Gasteiger partial charge in [0.25, 0.3) is 0 Å². The molecule has 0 bridgehead atoms. The van der Waals surface area contributed by atoms with Crippen molar-refractivity contribution in [3.05, 3.63) is 21.3 Å². The average molecular weight is 288 g/mol. The van der Waals surface area contributed by atoms with Gasteiger partial charge in [0.15, 0.2) is 0 Å². The van der Waals surface area contributed by atoms with E-state index in [4.69, 9.17) is 17.3 Å². The lowest BCUT2D eigenvalue weighted by atomic mass is 9.94. The van der Waals surface area contributed by atoms with E-state index in [1.807, 2.05) is 6.07 Å². The number of hydrogen-bond acceptors (Lipinski definition) is 4. The standard InChI is InChI=1S/C13H22ClN3S/c1-10-6-13(8-15,9-16(10)2)17(3)7-11-4-5-12(14)18-11/h4-5,10H,6-9,15H2,1-3H3. The topological polar surface area (TPSA) is 32.5 Å². The van der Waals surface area contributed by atoms with Gasteiger partial charge in [0.05, 0.1) is 4.34 Å². The van der Waals surface area contributed by atoms with Crippen LogP contribution >= 0.6 is 22.9 Å². The second-order valence-electron chi connectivity index (χ2n) is 5.46. The van der Waals surface area contributed by atoms with Crippen molar-refractivity contribution in [3.8, 4) is 0 Å². The molecule has 102 valence electrons. The van der Waals surface area contributed by atoms with Gasteiger partial charge in [0.1, 0.15) is 0 Å². The van der Waals surface area contributed by atoms with Crippen LogP contribution in [0.3, 0.4) is 0 Å². The molecule has 1 saturated heterocycles. The fourth-order valence-corrected chi connectivity index (χ4v) is 3.95. The molecule has 2 heterocycles. The Kier molecular flexibility index (Phi) is 4.34. The first-order valence-corrected chi connectivity index (χ1v) is 7.52. The smallest absolute Gasteiger partial charge is 0.0931 e. The van der Waals surface area contributed by atoms with Gasteiger partial charge in [-0.3, -0.25) is 4.90 Å². The minimum Gasteiger partial charge on any atom is -0.329 e. The van der Waals surface area contributed by atoms with Gasteiger partial charge in [-0.1, -0.05) is 11.6 Å². The molecule has 5 heteroatoms. The highest BCUT2D eigenvalue weighted by Crippen LogP contribution is 2.32. The highest BCUT2D eigenvalue weighted by atomic mass is 35.5. The zero-order valence-corrected chi connectivity index (χ0v) is 12.9. The summed E-state index contributed by atoms with van der Waals surface area (Å²) < 4.78 is 0.858. The first-order chi connectivity index (χ1) is 8.47. The van der Waals surface area contributed by atoms with E-state index >= 15 is 0 Å². The number of hydrogen-bond donors (Lipinski definition) is 1. The summed E-state index contributed by atoms with van der Waals surface area (Å²) in [5.74, 6) is 0. The normalized spacial score (nSPS) is 29.3. The van der Waals surface area contributed by atoms with Crippen LogP contribution in [0.15, 0.2) is 12.1 Å². The summed E-state index contributed by atoms with van der Waals surface area (Å²) in [6.07, 6.45) is 1.13. The maximum Gasteiger partial charge on any atom is 0.0931 e. The van der Waals surface area contributed by atoms with E-state index in [1.54, 1.807) is 11.3 Å². The third-order valence-electron chi connectivity index (χ3n) is 4.18. The highest BCUT2D eigenvalue weighted by Gasteiger charge is 2.42. The molecule has 2 atom stereocenters. The third-order valence-corrected chi connectivity index (χ3v) is 5.40. The van der Waals surface area contributed by atoms with Crippen molar-refractivity contribution in [2.24, 2.45) is 5.73 Å². The summed E-state index contributed by atoms with van der Waals surface area (Å²) >= 11 is 7.64. The zero-order valence-electron chi connectivity index (χ0n) is 11.3. The Labute approximate surface area is 119 Å². The number of likely N-dealkylation sites (tertiary alicyclic amines) is 1. The molecule has 1 aliphatic heterocycles. The second-order valence-corrected chi connectivity index (χ2v) is 7.26. The van der Waals surface area contributed by atoms with E-state index in [9.17, 15) is 0 Å². The Morgan fingerprint density at radius 2 is 2.33 bits per heavy atom. The summed E-state index contributed by atoms with van der Waals surface area (Å²) in [5, 5.41) is 0. The minimum atomic E-state index is 0.102. The Morgan fingerprint density at radius 1 is 1.61 bits per heavy atom. The van der Waals surface area contributed by atoms with Crippen LogP contribution in [-0.2, 0) is 6.54 Å². The summed E-state index contributed by atoms with van der Waals surface area (Å²) in [6, 6.07) is 4.67. The van der Waals surface area contributed by atoms with Gasteiger partial charge in [-0.25, -0.2) is 0 Å². The van der Waals surface area contributed by atoms with Crippen molar-refractivity contribution < 1.29 is 0 Å². The van der Waals surface area contributed by atoms with Crippen molar-refractivity contribution in [2.75, 3.05) is 27.2 Å². The molecule has 3 nitrogen and oxygen atoms in total. The van der Waals surface area contributed by atoms with Gasteiger partial charge in [-0.15, -0.1) is 11.3 Å². The first-order valence-electron chi connectivity index (χ1n) is 6.32. The Balaban J connectivity index is 2.08. The molecule has 0 spiro atoms. The molecule has 0 aromatic carbocycles.